The van der Waals surface area contributed by atoms with Crippen molar-refractivity contribution in [1.29, 1.82) is 0 Å². The van der Waals surface area contributed by atoms with Crippen molar-refractivity contribution in [3.8, 4) is 0 Å². The summed E-state index contributed by atoms with van der Waals surface area (Å²) < 4.78 is 1.70. The standard InChI is InChI=1S/C16H20N2O/c1-18-15-8-3-2-7-13(15)14(11-16(18)19)17-10-9-12-5-4-6-12/h2-3,7-8,11-12,17H,4-6,9-10H2,1H3. The molecular weight excluding hydrogens is 236 g/mol. The Balaban J connectivity index is 1.85. The first-order valence-corrected chi connectivity index (χ1v) is 7.08. The van der Waals surface area contributed by atoms with Crippen molar-refractivity contribution in [2.75, 3.05) is 11.9 Å². The minimum Gasteiger partial charge on any atom is -0.384 e. The number of aromatic nitrogens is 1. The molecule has 100 valence electrons. The molecule has 1 N–H and O–H groups in total. The third-order valence-corrected chi connectivity index (χ3v) is 4.25. The number of nitrogens with one attached hydrogen (secondary N) is 1. The van der Waals surface area contributed by atoms with Gasteiger partial charge < -0.3 is 9.88 Å². The summed E-state index contributed by atoms with van der Waals surface area (Å²) in [6.07, 6.45) is 5.35. The Labute approximate surface area is 113 Å². The first-order chi connectivity index (χ1) is 9.25. The van der Waals surface area contributed by atoms with Crippen LogP contribution in [0.4, 0.5) is 5.69 Å². The van der Waals surface area contributed by atoms with Gasteiger partial charge in [-0.3, -0.25) is 4.79 Å². The van der Waals surface area contributed by atoms with Gasteiger partial charge in [-0.05, 0) is 18.4 Å². The molecule has 2 aromatic rings. The largest absolute Gasteiger partial charge is 0.384 e. The maximum absolute atomic E-state index is 11.9. The van der Waals surface area contributed by atoms with Crippen LogP contribution in [-0.2, 0) is 7.05 Å². The van der Waals surface area contributed by atoms with Crippen molar-refractivity contribution in [2.24, 2.45) is 13.0 Å². The van der Waals surface area contributed by atoms with Gasteiger partial charge in [-0.15, -0.1) is 0 Å². The Morgan fingerprint density at radius 2 is 2.11 bits per heavy atom. The molecule has 0 radical (unpaired) electrons. The molecule has 0 aliphatic heterocycles. The zero-order valence-electron chi connectivity index (χ0n) is 11.4. The molecule has 0 spiro atoms. The van der Waals surface area contributed by atoms with E-state index in [1.54, 1.807) is 10.6 Å². The monoisotopic (exact) mass is 256 g/mol. The van der Waals surface area contributed by atoms with Gasteiger partial charge in [0, 0.05) is 30.7 Å². The van der Waals surface area contributed by atoms with Gasteiger partial charge in [-0.2, -0.15) is 0 Å². The molecule has 1 aromatic carbocycles. The van der Waals surface area contributed by atoms with Crippen LogP contribution >= 0.6 is 0 Å². The van der Waals surface area contributed by atoms with Gasteiger partial charge in [0.2, 0.25) is 0 Å². The number of rotatable bonds is 4. The average Bonchev–Trinajstić information content (AvgIpc) is 2.38. The van der Waals surface area contributed by atoms with Crippen LogP contribution in [0.25, 0.3) is 10.9 Å². The van der Waals surface area contributed by atoms with Crippen LogP contribution in [0.15, 0.2) is 35.1 Å². The van der Waals surface area contributed by atoms with E-state index in [1.165, 1.54) is 25.7 Å². The summed E-state index contributed by atoms with van der Waals surface area (Å²) in [5, 5.41) is 4.56. The third-order valence-electron chi connectivity index (χ3n) is 4.25. The highest BCUT2D eigenvalue weighted by Gasteiger charge is 2.16. The van der Waals surface area contributed by atoms with Crippen LogP contribution < -0.4 is 10.9 Å². The molecular formula is C16H20N2O. The number of para-hydroxylation sites is 1. The lowest BCUT2D eigenvalue weighted by molar-refractivity contribution is 0.303. The van der Waals surface area contributed by atoms with Crippen LogP contribution in [0.5, 0.6) is 0 Å². The predicted molar refractivity (Wildman–Crippen MR) is 79.6 cm³/mol. The molecule has 3 nitrogen and oxygen atoms in total. The minimum absolute atomic E-state index is 0.0462. The van der Waals surface area contributed by atoms with E-state index in [1.807, 2.05) is 25.2 Å². The van der Waals surface area contributed by atoms with Gasteiger partial charge in [-0.1, -0.05) is 37.5 Å². The molecule has 1 aliphatic carbocycles. The summed E-state index contributed by atoms with van der Waals surface area (Å²) in [4.78, 5) is 11.9. The van der Waals surface area contributed by atoms with E-state index in [-0.39, 0.29) is 5.56 Å². The Bertz CT molecular complexity index is 641. The molecule has 19 heavy (non-hydrogen) atoms. The highest BCUT2D eigenvalue weighted by Crippen LogP contribution is 2.29. The maximum atomic E-state index is 11.9. The third kappa shape index (κ3) is 2.37. The molecule has 0 amide bonds. The number of fused-ring (bicyclic) bond motifs is 1. The topological polar surface area (TPSA) is 34.0 Å². The smallest absolute Gasteiger partial charge is 0.252 e. The fourth-order valence-electron chi connectivity index (χ4n) is 2.75. The molecule has 0 saturated heterocycles. The first-order valence-electron chi connectivity index (χ1n) is 7.08. The van der Waals surface area contributed by atoms with E-state index in [0.717, 1.165) is 29.1 Å². The minimum atomic E-state index is 0.0462. The summed E-state index contributed by atoms with van der Waals surface area (Å²) in [6, 6.07) is 9.77. The number of benzene rings is 1. The lowest BCUT2D eigenvalue weighted by atomic mass is 9.83. The number of pyridine rings is 1. The van der Waals surface area contributed by atoms with Gasteiger partial charge >= 0.3 is 0 Å². The molecule has 1 aromatic heterocycles. The van der Waals surface area contributed by atoms with E-state index in [0.29, 0.717) is 0 Å². The van der Waals surface area contributed by atoms with E-state index in [4.69, 9.17) is 0 Å². The van der Waals surface area contributed by atoms with E-state index >= 15 is 0 Å². The zero-order valence-corrected chi connectivity index (χ0v) is 11.4. The first kappa shape index (κ1) is 12.3. The molecule has 1 saturated carbocycles. The van der Waals surface area contributed by atoms with Crippen LogP contribution in [0.2, 0.25) is 0 Å². The lowest BCUT2D eigenvalue weighted by Crippen LogP contribution is -2.19. The number of hydrogen-bond acceptors (Lipinski definition) is 2. The number of anilines is 1. The number of hydrogen-bond donors (Lipinski definition) is 1. The van der Waals surface area contributed by atoms with Crippen molar-refractivity contribution in [3.63, 3.8) is 0 Å². The summed E-state index contributed by atoms with van der Waals surface area (Å²) in [7, 11) is 1.82. The molecule has 0 bridgehead atoms. The molecule has 3 heteroatoms. The maximum Gasteiger partial charge on any atom is 0.252 e. The second-order valence-corrected chi connectivity index (χ2v) is 5.48. The number of nitrogens with zero attached hydrogens (tertiary/aromatic N) is 1. The van der Waals surface area contributed by atoms with Gasteiger partial charge in [-0.25, -0.2) is 0 Å². The van der Waals surface area contributed by atoms with E-state index < -0.39 is 0 Å². The summed E-state index contributed by atoms with van der Waals surface area (Å²) in [5.41, 5.74) is 2.00. The Kier molecular flexibility index (Phi) is 3.28. The van der Waals surface area contributed by atoms with E-state index in [2.05, 4.69) is 11.4 Å². The number of aryl methyl sites for hydroxylation is 1. The second kappa shape index (κ2) is 5.08. The fraction of sp³-hybridized carbons (Fsp3) is 0.438. The van der Waals surface area contributed by atoms with Crippen LogP contribution in [0.1, 0.15) is 25.7 Å². The van der Waals surface area contributed by atoms with Crippen LogP contribution in [0.3, 0.4) is 0 Å². The Hall–Kier alpha value is -1.77. The van der Waals surface area contributed by atoms with Crippen molar-refractivity contribution < 1.29 is 0 Å². The molecule has 1 fully saturated rings. The second-order valence-electron chi connectivity index (χ2n) is 5.48. The van der Waals surface area contributed by atoms with Crippen LogP contribution in [-0.4, -0.2) is 11.1 Å². The molecule has 0 unspecified atom stereocenters. The van der Waals surface area contributed by atoms with E-state index in [9.17, 15) is 4.79 Å². The molecule has 1 aliphatic rings. The van der Waals surface area contributed by atoms with Gasteiger partial charge in [0.15, 0.2) is 0 Å². The van der Waals surface area contributed by atoms with Crippen molar-refractivity contribution >= 4 is 16.6 Å². The summed E-state index contributed by atoms with van der Waals surface area (Å²) >= 11 is 0. The highest BCUT2D eigenvalue weighted by atomic mass is 16.1. The molecule has 0 atom stereocenters. The Morgan fingerprint density at radius 3 is 2.84 bits per heavy atom. The fourth-order valence-corrected chi connectivity index (χ4v) is 2.75. The quantitative estimate of drug-likeness (QED) is 0.911. The van der Waals surface area contributed by atoms with Gasteiger partial charge in [0.1, 0.15) is 0 Å². The normalized spacial score (nSPS) is 15.4. The van der Waals surface area contributed by atoms with Gasteiger partial charge in [0.05, 0.1) is 5.52 Å². The molecule has 1 heterocycles. The Morgan fingerprint density at radius 1 is 1.32 bits per heavy atom. The lowest BCUT2D eigenvalue weighted by Gasteiger charge is -2.25. The van der Waals surface area contributed by atoms with Crippen molar-refractivity contribution in [3.05, 3.63) is 40.7 Å². The SMILES string of the molecule is Cn1c(=O)cc(NCCC2CCC2)c2ccccc21. The van der Waals surface area contributed by atoms with Crippen molar-refractivity contribution in [2.45, 2.75) is 25.7 Å². The summed E-state index contributed by atoms with van der Waals surface area (Å²) in [6.45, 7) is 0.960. The summed E-state index contributed by atoms with van der Waals surface area (Å²) in [5.74, 6) is 0.894. The highest BCUT2D eigenvalue weighted by molar-refractivity contribution is 5.91. The van der Waals surface area contributed by atoms with Crippen molar-refractivity contribution in [1.82, 2.24) is 4.57 Å². The average molecular weight is 256 g/mol. The zero-order chi connectivity index (χ0) is 13.2. The van der Waals surface area contributed by atoms with Gasteiger partial charge in [0.25, 0.3) is 5.56 Å². The van der Waals surface area contributed by atoms with Crippen LogP contribution in [0, 0.1) is 5.92 Å². The molecule has 3 rings (SSSR count). The predicted octanol–water partition coefficient (Wildman–Crippen LogP) is 3.14.